The second-order valence-electron chi connectivity index (χ2n) is 9.74. The molecule has 0 unspecified atom stereocenters. The summed E-state index contributed by atoms with van der Waals surface area (Å²) < 4.78 is 13.4. The summed E-state index contributed by atoms with van der Waals surface area (Å²) in [7, 11) is 6.55. The molecular weight excluding hydrogens is 484 g/mol. The van der Waals surface area contributed by atoms with E-state index in [1.807, 2.05) is 45.0 Å². The number of anilines is 2. The van der Waals surface area contributed by atoms with Crippen molar-refractivity contribution in [3.8, 4) is 17.4 Å². The van der Waals surface area contributed by atoms with Crippen LogP contribution in [0.4, 0.5) is 11.6 Å². The standard InChI is InChI=1S/C28H32N6O4/c1-28(2,3)17-14-18(25(35)29-4)24(37-7)19(15-17)32-26(36)20-13-16-9-8-10-21(23(16)34(20)6)38-22-11-12-31-27(30-5)33-22/h8-15H,1-7H3,(H,29,35)(H,32,36)(H,30,31,33). The topological polar surface area (TPSA) is 119 Å². The van der Waals surface area contributed by atoms with E-state index in [9.17, 15) is 9.59 Å². The highest BCUT2D eigenvalue weighted by molar-refractivity contribution is 6.09. The number of methoxy groups -OCH3 is 1. The van der Waals surface area contributed by atoms with E-state index in [4.69, 9.17) is 9.47 Å². The SMILES string of the molecule is CNC(=O)c1cc(C(C)(C)C)cc(NC(=O)c2cc3cccc(Oc4ccnc(NC)n4)c3n2C)c1OC. The Labute approximate surface area is 221 Å². The highest BCUT2D eigenvalue weighted by atomic mass is 16.5. The monoisotopic (exact) mass is 516 g/mol. The Morgan fingerprint density at radius 1 is 1.03 bits per heavy atom. The van der Waals surface area contributed by atoms with Gasteiger partial charge in [0, 0.05) is 38.8 Å². The van der Waals surface area contributed by atoms with Gasteiger partial charge in [0.05, 0.1) is 23.9 Å². The summed E-state index contributed by atoms with van der Waals surface area (Å²) in [6, 6.07) is 12.7. The van der Waals surface area contributed by atoms with Crippen molar-refractivity contribution in [3.63, 3.8) is 0 Å². The van der Waals surface area contributed by atoms with Gasteiger partial charge in [0.1, 0.15) is 5.69 Å². The molecule has 0 aliphatic rings. The number of nitrogens with one attached hydrogen (secondary N) is 3. The Hall–Kier alpha value is -4.60. The largest absolute Gasteiger partial charge is 0.494 e. The van der Waals surface area contributed by atoms with E-state index in [2.05, 4.69) is 25.9 Å². The minimum atomic E-state index is -0.360. The van der Waals surface area contributed by atoms with E-state index < -0.39 is 0 Å². The summed E-state index contributed by atoms with van der Waals surface area (Å²) in [5.41, 5.74) is 2.49. The number of ether oxygens (including phenoxy) is 2. The van der Waals surface area contributed by atoms with Gasteiger partial charge >= 0.3 is 0 Å². The van der Waals surface area contributed by atoms with Gasteiger partial charge in [-0.25, -0.2) is 4.98 Å². The number of benzene rings is 2. The van der Waals surface area contributed by atoms with E-state index in [1.165, 1.54) is 7.11 Å². The van der Waals surface area contributed by atoms with Crippen LogP contribution >= 0.6 is 0 Å². The van der Waals surface area contributed by atoms with Gasteiger partial charge < -0.3 is 30.0 Å². The van der Waals surface area contributed by atoms with Crippen molar-refractivity contribution >= 4 is 34.4 Å². The molecule has 0 radical (unpaired) electrons. The maximum absolute atomic E-state index is 13.6. The minimum absolute atomic E-state index is 0.269. The highest BCUT2D eigenvalue weighted by Gasteiger charge is 2.25. The number of nitrogens with zero attached hydrogens (tertiary/aromatic N) is 3. The zero-order valence-corrected chi connectivity index (χ0v) is 22.6. The minimum Gasteiger partial charge on any atom is -0.494 e. The van der Waals surface area contributed by atoms with E-state index in [0.29, 0.717) is 34.5 Å². The van der Waals surface area contributed by atoms with Crippen LogP contribution in [0.2, 0.25) is 0 Å². The van der Waals surface area contributed by atoms with Gasteiger partial charge in [-0.05, 0) is 35.2 Å². The summed E-state index contributed by atoms with van der Waals surface area (Å²) >= 11 is 0. The Bertz CT molecular complexity index is 1520. The molecule has 38 heavy (non-hydrogen) atoms. The van der Waals surface area contributed by atoms with Crippen LogP contribution < -0.4 is 25.4 Å². The van der Waals surface area contributed by atoms with E-state index in [-0.39, 0.29) is 23.0 Å². The van der Waals surface area contributed by atoms with Crippen LogP contribution in [0.1, 0.15) is 47.2 Å². The predicted molar refractivity (Wildman–Crippen MR) is 148 cm³/mol. The van der Waals surface area contributed by atoms with Crippen LogP contribution in [-0.2, 0) is 12.5 Å². The van der Waals surface area contributed by atoms with Crippen molar-refractivity contribution < 1.29 is 19.1 Å². The average Bonchev–Trinajstić information content (AvgIpc) is 3.24. The molecule has 0 bridgehead atoms. The van der Waals surface area contributed by atoms with Crippen molar-refractivity contribution in [2.75, 3.05) is 31.8 Å². The molecule has 4 rings (SSSR count). The van der Waals surface area contributed by atoms with Crippen molar-refractivity contribution in [2.24, 2.45) is 7.05 Å². The lowest BCUT2D eigenvalue weighted by Gasteiger charge is -2.23. The smallest absolute Gasteiger partial charge is 0.272 e. The number of hydrogen-bond acceptors (Lipinski definition) is 7. The summed E-state index contributed by atoms with van der Waals surface area (Å²) in [6.07, 6.45) is 1.60. The van der Waals surface area contributed by atoms with Crippen LogP contribution in [-0.4, -0.2) is 47.6 Å². The van der Waals surface area contributed by atoms with Gasteiger partial charge in [-0.3, -0.25) is 9.59 Å². The van der Waals surface area contributed by atoms with Crippen LogP contribution in [0.15, 0.2) is 48.7 Å². The molecule has 2 aromatic heterocycles. The quantitative estimate of drug-likeness (QED) is 0.325. The van der Waals surface area contributed by atoms with Gasteiger partial charge in [-0.15, -0.1) is 0 Å². The number of hydrogen-bond donors (Lipinski definition) is 3. The fourth-order valence-electron chi connectivity index (χ4n) is 4.18. The number of rotatable bonds is 7. The van der Waals surface area contributed by atoms with Gasteiger partial charge in [0.15, 0.2) is 11.5 Å². The number of aryl methyl sites for hydroxylation is 1. The summed E-state index contributed by atoms with van der Waals surface area (Å²) in [6.45, 7) is 6.12. The third-order valence-corrected chi connectivity index (χ3v) is 6.20. The fourth-order valence-corrected chi connectivity index (χ4v) is 4.18. The lowest BCUT2D eigenvalue weighted by molar-refractivity contribution is 0.0957. The molecule has 0 aliphatic heterocycles. The molecule has 4 aromatic rings. The normalized spacial score (nSPS) is 11.2. The molecule has 3 N–H and O–H groups in total. The lowest BCUT2D eigenvalue weighted by atomic mass is 9.85. The summed E-state index contributed by atoms with van der Waals surface area (Å²) in [5, 5.41) is 9.31. The van der Waals surface area contributed by atoms with Crippen LogP contribution in [0, 0.1) is 0 Å². The van der Waals surface area contributed by atoms with Gasteiger partial charge in [-0.1, -0.05) is 32.9 Å². The van der Waals surface area contributed by atoms with Crippen molar-refractivity contribution in [2.45, 2.75) is 26.2 Å². The molecule has 0 saturated heterocycles. The molecule has 2 heterocycles. The number of carbonyl (C=O) groups excluding carboxylic acids is 2. The first-order valence-corrected chi connectivity index (χ1v) is 12.1. The molecule has 0 spiro atoms. The molecule has 10 nitrogen and oxygen atoms in total. The van der Waals surface area contributed by atoms with Gasteiger partial charge in [0.2, 0.25) is 11.8 Å². The Kier molecular flexibility index (Phi) is 7.25. The molecule has 2 amide bonds. The molecule has 0 saturated carbocycles. The molecule has 198 valence electrons. The van der Waals surface area contributed by atoms with Crippen molar-refractivity contribution in [3.05, 3.63) is 65.5 Å². The van der Waals surface area contributed by atoms with Crippen LogP contribution in [0.25, 0.3) is 10.9 Å². The van der Waals surface area contributed by atoms with E-state index >= 15 is 0 Å². The summed E-state index contributed by atoms with van der Waals surface area (Å²) in [4.78, 5) is 34.7. The summed E-state index contributed by atoms with van der Waals surface area (Å²) in [5.74, 6) is 0.970. The Morgan fingerprint density at radius 3 is 2.45 bits per heavy atom. The maximum Gasteiger partial charge on any atom is 0.272 e. The fraction of sp³-hybridized carbons (Fsp3) is 0.286. The third kappa shape index (κ3) is 5.10. The number of fused-ring (bicyclic) bond motifs is 1. The average molecular weight is 517 g/mol. The molecule has 0 fully saturated rings. The van der Waals surface area contributed by atoms with E-state index in [1.54, 1.807) is 50.1 Å². The van der Waals surface area contributed by atoms with Crippen LogP contribution in [0.5, 0.6) is 17.4 Å². The zero-order chi connectivity index (χ0) is 27.6. The Morgan fingerprint density at radius 2 is 1.79 bits per heavy atom. The van der Waals surface area contributed by atoms with Gasteiger partial charge in [0.25, 0.3) is 11.8 Å². The van der Waals surface area contributed by atoms with Crippen molar-refractivity contribution in [1.29, 1.82) is 0 Å². The molecule has 0 atom stereocenters. The second-order valence-corrected chi connectivity index (χ2v) is 9.74. The molecule has 2 aromatic carbocycles. The number of aromatic nitrogens is 3. The highest BCUT2D eigenvalue weighted by Crippen LogP contribution is 2.36. The number of carbonyl (C=O) groups is 2. The zero-order valence-electron chi connectivity index (χ0n) is 22.6. The number of para-hydroxylation sites is 1. The first-order valence-electron chi connectivity index (χ1n) is 12.1. The predicted octanol–water partition coefficient (Wildman–Crippen LogP) is 4.72. The Balaban J connectivity index is 1.75. The van der Waals surface area contributed by atoms with Crippen LogP contribution in [0.3, 0.4) is 0 Å². The molecule has 10 heteroatoms. The first-order chi connectivity index (χ1) is 18.1. The number of amides is 2. The first kappa shape index (κ1) is 26.5. The van der Waals surface area contributed by atoms with Crippen molar-refractivity contribution in [1.82, 2.24) is 19.9 Å². The molecular formula is C28H32N6O4. The van der Waals surface area contributed by atoms with Gasteiger partial charge in [-0.2, -0.15) is 4.98 Å². The third-order valence-electron chi connectivity index (χ3n) is 6.20. The maximum atomic E-state index is 13.6. The van der Waals surface area contributed by atoms with E-state index in [0.717, 1.165) is 16.5 Å². The molecule has 0 aliphatic carbocycles. The lowest BCUT2D eigenvalue weighted by Crippen LogP contribution is -2.23. The second kappa shape index (κ2) is 10.4.